The van der Waals surface area contributed by atoms with Crippen LogP contribution in [0.25, 0.3) is 0 Å². The molecule has 1 atom stereocenters. The highest BCUT2D eigenvalue weighted by Gasteiger charge is 2.33. The summed E-state index contributed by atoms with van der Waals surface area (Å²) in [7, 11) is -3.51. The van der Waals surface area contributed by atoms with Crippen molar-refractivity contribution in [2.24, 2.45) is 0 Å². The summed E-state index contributed by atoms with van der Waals surface area (Å²) < 4.78 is 37.8. The molecule has 1 unspecified atom stereocenters. The van der Waals surface area contributed by atoms with Gasteiger partial charge in [-0.3, -0.25) is 0 Å². The Hall–Kier alpha value is -0.470. The largest absolute Gasteiger partial charge is 0.348 e. The van der Waals surface area contributed by atoms with Crippen LogP contribution in [0.1, 0.15) is 19.4 Å². The van der Waals surface area contributed by atoms with Crippen LogP contribution in [0.2, 0.25) is 0 Å². The van der Waals surface area contributed by atoms with Crippen molar-refractivity contribution in [3.05, 3.63) is 29.8 Å². The molecule has 1 saturated heterocycles. The Morgan fingerprint density at radius 1 is 1.35 bits per heavy atom. The second kappa shape index (κ2) is 6.11. The van der Waals surface area contributed by atoms with Crippen LogP contribution in [-0.2, 0) is 24.8 Å². The van der Waals surface area contributed by atoms with Gasteiger partial charge in [0, 0.05) is 11.9 Å². The summed E-state index contributed by atoms with van der Waals surface area (Å²) in [6, 6.07) is 6.74. The van der Waals surface area contributed by atoms with Gasteiger partial charge in [-0.2, -0.15) is 0 Å². The van der Waals surface area contributed by atoms with E-state index in [1.54, 1.807) is 38.1 Å². The third-order valence-electron chi connectivity index (χ3n) is 2.96. The Balaban J connectivity index is 1.97. The molecule has 20 heavy (non-hydrogen) atoms. The molecule has 1 aliphatic heterocycles. The molecule has 1 aromatic rings. The number of sulfonamides is 1. The van der Waals surface area contributed by atoms with Crippen LogP contribution in [0, 0.1) is 0 Å². The van der Waals surface area contributed by atoms with Gasteiger partial charge < -0.3 is 9.47 Å². The summed E-state index contributed by atoms with van der Waals surface area (Å²) in [5, 5.41) is 0.698. The van der Waals surface area contributed by atoms with Gasteiger partial charge in [0.2, 0.25) is 10.0 Å². The van der Waals surface area contributed by atoms with Crippen molar-refractivity contribution in [3.63, 3.8) is 0 Å². The van der Waals surface area contributed by atoms with Crippen LogP contribution in [0.4, 0.5) is 0 Å². The first-order valence-electron chi connectivity index (χ1n) is 6.29. The van der Waals surface area contributed by atoms with E-state index in [9.17, 15) is 8.42 Å². The Kier molecular flexibility index (Phi) is 4.86. The van der Waals surface area contributed by atoms with Gasteiger partial charge in [0.25, 0.3) is 0 Å². The van der Waals surface area contributed by atoms with Crippen molar-refractivity contribution in [2.45, 2.75) is 36.0 Å². The molecule has 0 aromatic heterocycles. The fourth-order valence-corrected chi connectivity index (χ4v) is 3.35. The van der Waals surface area contributed by atoms with Crippen LogP contribution in [0.5, 0.6) is 0 Å². The predicted octanol–water partition coefficient (Wildman–Crippen LogP) is 2.01. The number of hydrogen-bond donors (Lipinski definition) is 1. The maximum absolute atomic E-state index is 12.1. The van der Waals surface area contributed by atoms with E-state index in [1.807, 2.05) is 0 Å². The smallest absolute Gasteiger partial charge is 0.240 e. The van der Waals surface area contributed by atoms with E-state index in [0.717, 1.165) is 5.56 Å². The van der Waals surface area contributed by atoms with E-state index in [0.29, 0.717) is 11.9 Å². The van der Waals surface area contributed by atoms with E-state index in [2.05, 4.69) is 20.7 Å². The van der Waals surface area contributed by atoms with Gasteiger partial charge in [0.1, 0.15) is 0 Å². The summed E-state index contributed by atoms with van der Waals surface area (Å²) in [6.07, 6.45) is -0.262. The first-order chi connectivity index (χ1) is 9.32. The molecule has 0 bridgehead atoms. The van der Waals surface area contributed by atoms with Gasteiger partial charge in [-0.1, -0.05) is 28.1 Å². The van der Waals surface area contributed by atoms with E-state index >= 15 is 0 Å². The number of ether oxygens (including phenoxy) is 2. The monoisotopic (exact) mass is 363 g/mol. The minimum Gasteiger partial charge on any atom is -0.348 e. The van der Waals surface area contributed by atoms with E-state index in [1.165, 1.54) is 0 Å². The Morgan fingerprint density at radius 3 is 2.50 bits per heavy atom. The molecule has 0 amide bonds. The lowest BCUT2D eigenvalue weighted by molar-refractivity contribution is -0.137. The maximum atomic E-state index is 12.1. The molecule has 1 aromatic carbocycles. The lowest BCUT2D eigenvalue weighted by Gasteiger charge is -2.17. The van der Waals surface area contributed by atoms with Crippen LogP contribution in [-0.4, -0.2) is 33.5 Å². The molecule has 1 heterocycles. The molecule has 112 valence electrons. The number of halogens is 1. The van der Waals surface area contributed by atoms with Crippen LogP contribution in [0.3, 0.4) is 0 Å². The average molecular weight is 364 g/mol. The van der Waals surface area contributed by atoms with Gasteiger partial charge >= 0.3 is 0 Å². The highest BCUT2D eigenvalue weighted by Crippen LogP contribution is 2.22. The highest BCUT2D eigenvalue weighted by molar-refractivity contribution is 9.08. The van der Waals surface area contributed by atoms with E-state index < -0.39 is 15.8 Å². The lowest BCUT2D eigenvalue weighted by Crippen LogP contribution is -2.34. The second-order valence-electron chi connectivity index (χ2n) is 5.08. The zero-order chi connectivity index (χ0) is 14.8. The standard InChI is InChI=1S/C13H18BrNO4S/c1-13(2)18-9-11(19-13)8-15-20(16,17)12-5-3-10(7-14)4-6-12/h3-6,11,15H,7-9H2,1-2H3. The minimum atomic E-state index is -3.51. The van der Waals surface area contributed by atoms with Crippen molar-refractivity contribution in [1.29, 1.82) is 0 Å². The lowest BCUT2D eigenvalue weighted by atomic mass is 10.2. The number of hydrogen-bond acceptors (Lipinski definition) is 4. The van der Waals surface area contributed by atoms with E-state index in [-0.39, 0.29) is 17.5 Å². The summed E-state index contributed by atoms with van der Waals surface area (Å²) >= 11 is 3.32. The first kappa shape index (κ1) is 15.9. The molecule has 2 rings (SSSR count). The summed E-state index contributed by atoms with van der Waals surface area (Å²) in [5.41, 5.74) is 1.03. The van der Waals surface area contributed by atoms with Crippen LogP contribution in [0.15, 0.2) is 29.2 Å². The Bertz CT molecular complexity index is 556. The third-order valence-corrected chi connectivity index (χ3v) is 5.04. The van der Waals surface area contributed by atoms with Gasteiger partial charge in [0.05, 0.1) is 17.6 Å². The normalized spacial score (nSPS) is 22.1. The van der Waals surface area contributed by atoms with E-state index in [4.69, 9.17) is 9.47 Å². The molecule has 0 radical (unpaired) electrons. The maximum Gasteiger partial charge on any atom is 0.240 e. The number of rotatable bonds is 5. The van der Waals surface area contributed by atoms with Crippen molar-refractivity contribution in [3.8, 4) is 0 Å². The van der Waals surface area contributed by atoms with Gasteiger partial charge in [0.15, 0.2) is 5.79 Å². The SMILES string of the molecule is CC1(C)OCC(CNS(=O)(=O)c2ccc(CBr)cc2)O1. The molecule has 1 fully saturated rings. The second-order valence-corrected chi connectivity index (χ2v) is 7.41. The number of benzene rings is 1. The summed E-state index contributed by atoms with van der Waals surface area (Å²) in [5.74, 6) is -0.645. The molecule has 0 spiro atoms. The molecular formula is C13H18BrNO4S. The average Bonchev–Trinajstić information content (AvgIpc) is 2.76. The van der Waals surface area contributed by atoms with Gasteiger partial charge in [-0.15, -0.1) is 0 Å². The molecule has 0 saturated carbocycles. The number of alkyl halides is 1. The van der Waals surface area contributed by atoms with Gasteiger partial charge in [-0.05, 0) is 31.5 Å². The van der Waals surface area contributed by atoms with Crippen molar-refractivity contribution in [1.82, 2.24) is 4.72 Å². The third kappa shape index (κ3) is 4.02. The fraction of sp³-hybridized carbons (Fsp3) is 0.538. The first-order valence-corrected chi connectivity index (χ1v) is 8.89. The molecule has 7 heteroatoms. The van der Waals surface area contributed by atoms with Crippen molar-refractivity contribution >= 4 is 26.0 Å². The number of nitrogens with one attached hydrogen (secondary N) is 1. The van der Waals surface area contributed by atoms with Crippen molar-refractivity contribution < 1.29 is 17.9 Å². The zero-order valence-electron chi connectivity index (χ0n) is 11.4. The highest BCUT2D eigenvalue weighted by atomic mass is 79.9. The summed E-state index contributed by atoms with van der Waals surface area (Å²) in [4.78, 5) is 0.250. The fourth-order valence-electron chi connectivity index (χ4n) is 1.91. The molecular weight excluding hydrogens is 346 g/mol. The Labute approximate surface area is 127 Å². The topological polar surface area (TPSA) is 64.6 Å². The predicted molar refractivity (Wildman–Crippen MR) is 79.2 cm³/mol. The van der Waals surface area contributed by atoms with Crippen LogP contribution >= 0.6 is 15.9 Å². The van der Waals surface area contributed by atoms with Gasteiger partial charge in [-0.25, -0.2) is 13.1 Å². The molecule has 0 aliphatic carbocycles. The van der Waals surface area contributed by atoms with Crippen molar-refractivity contribution in [2.75, 3.05) is 13.2 Å². The van der Waals surface area contributed by atoms with Crippen LogP contribution < -0.4 is 4.72 Å². The Morgan fingerprint density at radius 2 is 2.00 bits per heavy atom. The minimum absolute atomic E-state index is 0.200. The molecule has 1 N–H and O–H groups in total. The summed E-state index contributed by atoms with van der Waals surface area (Å²) in [6.45, 7) is 4.20. The zero-order valence-corrected chi connectivity index (χ0v) is 13.8. The quantitative estimate of drug-likeness (QED) is 0.812. The molecule has 1 aliphatic rings. The molecule has 5 nitrogen and oxygen atoms in total.